The van der Waals surface area contributed by atoms with Crippen molar-refractivity contribution in [1.29, 1.82) is 0 Å². The van der Waals surface area contributed by atoms with Gasteiger partial charge in [-0.05, 0) is 48.5 Å². The summed E-state index contributed by atoms with van der Waals surface area (Å²) in [4.78, 5) is 29.0. The van der Waals surface area contributed by atoms with E-state index in [2.05, 4.69) is 15.6 Å². The molecule has 0 aliphatic carbocycles. The Labute approximate surface area is 170 Å². The van der Waals surface area contributed by atoms with Gasteiger partial charge in [0.25, 0.3) is 5.91 Å². The van der Waals surface area contributed by atoms with Crippen LogP contribution in [0.2, 0.25) is 0 Å². The molecular formula is C21H17F2N3O2S. The van der Waals surface area contributed by atoms with Crippen LogP contribution in [0.1, 0.15) is 16.1 Å². The zero-order chi connectivity index (χ0) is 20.6. The Morgan fingerprint density at radius 3 is 2.59 bits per heavy atom. The van der Waals surface area contributed by atoms with Crippen LogP contribution in [0, 0.1) is 11.6 Å². The van der Waals surface area contributed by atoms with Crippen LogP contribution in [0.3, 0.4) is 0 Å². The summed E-state index contributed by atoms with van der Waals surface area (Å²) in [6, 6.07) is 15.4. The van der Waals surface area contributed by atoms with Crippen LogP contribution < -0.4 is 10.6 Å². The molecule has 8 heteroatoms. The van der Waals surface area contributed by atoms with Gasteiger partial charge in [-0.15, -0.1) is 11.8 Å². The van der Waals surface area contributed by atoms with E-state index >= 15 is 0 Å². The molecule has 3 rings (SSSR count). The van der Waals surface area contributed by atoms with Crippen LogP contribution in [0.5, 0.6) is 0 Å². The lowest BCUT2D eigenvalue weighted by atomic mass is 10.2. The van der Waals surface area contributed by atoms with E-state index in [1.807, 2.05) is 12.1 Å². The third-order valence-electron chi connectivity index (χ3n) is 3.83. The van der Waals surface area contributed by atoms with E-state index in [0.29, 0.717) is 22.7 Å². The zero-order valence-electron chi connectivity index (χ0n) is 15.2. The molecule has 3 aromatic rings. The molecule has 1 heterocycles. The normalized spacial score (nSPS) is 10.4. The predicted molar refractivity (Wildman–Crippen MR) is 108 cm³/mol. The Hall–Kier alpha value is -3.26. The Morgan fingerprint density at radius 1 is 0.966 bits per heavy atom. The fourth-order valence-corrected chi connectivity index (χ4v) is 3.15. The number of nitrogens with zero attached hydrogens (tertiary/aromatic N) is 1. The van der Waals surface area contributed by atoms with Gasteiger partial charge in [-0.3, -0.25) is 14.6 Å². The van der Waals surface area contributed by atoms with E-state index in [1.165, 1.54) is 6.07 Å². The topological polar surface area (TPSA) is 71.1 Å². The van der Waals surface area contributed by atoms with Crippen molar-refractivity contribution in [2.45, 2.75) is 11.4 Å². The third-order valence-corrected chi connectivity index (χ3v) is 4.82. The smallest absolute Gasteiger partial charge is 0.251 e. The second-order valence-electron chi connectivity index (χ2n) is 6.00. The van der Waals surface area contributed by atoms with E-state index in [0.717, 1.165) is 29.6 Å². The number of thioether (sulfide) groups is 1. The molecule has 0 atom stereocenters. The van der Waals surface area contributed by atoms with Gasteiger partial charge in [0.15, 0.2) is 11.6 Å². The molecule has 2 aromatic carbocycles. The second-order valence-corrected chi connectivity index (χ2v) is 7.05. The highest BCUT2D eigenvalue weighted by Gasteiger charge is 2.10. The molecule has 2 N–H and O–H groups in total. The largest absolute Gasteiger partial charge is 0.346 e. The zero-order valence-corrected chi connectivity index (χ0v) is 16.0. The molecule has 0 unspecified atom stereocenters. The van der Waals surface area contributed by atoms with E-state index in [-0.39, 0.29) is 17.6 Å². The molecular weight excluding hydrogens is 396 g/mol. The number of hydrogen-bond donors (Lipinski definition) is 2. The van der Waals surface area contributed by atoms with E-state index in [4.69, 9.17) is 0 Å². The fourth-order valence-electron chi connectivity index (χ4n) is 2.43. The van der Waals surface area contributed by atoms with E-state index in [1.54, 1.807) is 36.5 Å². The SMILES string of the molecule is O=C(CSc1ccc(F)c(F)c1)Nc1cccc(C(=O)NCc2ccccn2)c1. The standard InChI is InChI=1S/C21H17F2N3O2S/c22-18-8-7-17(11-19(18)23)29-13-20(27)26-15-6-3-4-14(10-15)21(28)25-12-16-5-1-2-9-24-16/h1-11H,12-13H2,(H,25,28)(H,26,27). The molecule has 0 radical (unpaired) electrons. The van der Waals surface area contributed by atoms with E-state index < -0.39 is 11.6 Å². The maximum atomic E-state index is 13.2. The van der Waals surface area contributed by atoms with Gasteiger partial charge in [-0.1, -0.05) is 12.1 Å². The molecule has 5 nitrogen and oxygen atoms in total. The first-order valence-electron chi connectivity index (χ1n) is 8.67. The van der Waals surface area contributed by atoms with Crippen molar-refractivity contribution < 1.29 is 18.4 Å². The van der Waals surface area contributed by atoms with Crippen LogP contribution in [0.15, 0.2) is 71.8 Å². The van der Waals surface area contributed by atoms with Crippen LogP contribution >= 0.6 is 11.8 Å². The van der Waals surface area contributed by atoms with Crippen molar-refractivity contribution in [3.8, 4) is 0 Å². The van der Waals surface area contributed by atoms with Crippen molar-refractivity contribution in [1.82, 2.24) is 10.3 Å². The minimum atomic E-state index is -0.958. The van der Waals surface area contributed by atoms with Gasteiger partial charge in [0, 0.05) is 22.3 Å². The number of pyridine rings is 1. The molecule has 0 aliphatic rings. The highest BCUT2D eigenvalue weighted by Crippen LogP contribution is 2.21. The summed E-state index contributed by atoms with van der Waals surface area (Å²) in [6.07, 6.45) is 1.65. The van der Waals surface area contributed by atoms with Crippen molar-refractivity contribution in [3.63, 3.8) is 0 Å². The van der Waals surface area contributed by atoms with Crippen molar-refractivity contribution >= 4 is 29.3 Å². The first-order chi connectivity index (χ1) is 14.0. The average Bonchev–Trinajstić information content (AvgIpc) is 2.74. The Balaban J connectivity index is 1.53. The number of hydrogen-bond acceptors (Lipinski definition) is 4. The molecule has 2 amide bonds. The highest BCUT2D eigenvalue weighted by atomic mass is 32.2. The van der Waals surface area contributed by atoms with Crippen molar-refractivity contribution in [2.24, 2.45) is 0 Å². The molecule has 0 saturated carbocycles. The summed E-state index contributed by atoms with van der Waals surface area (Å²) in [5.74, 6) is -2.49. The van der Waals surface area contributed by atoms with Gasteiger partial charge >= 0.3 is 0 Å². The molecule has 0 aliphatic heterocycles. The predicted octanol–water partition coefficient (Wildman–Crippen LogP) is 4.02. The summed E-state index contributed by atoms with van der Waals surface area (Å²) in [7, 11) is 0. The van der Waals surface area contributed by atoms with Crippen LogP contribution in [-0.2, 0) is 11.3 Å². The summed E-state index contributed by atoms with van der Waals surface area (Å²) in [5.41, 5.74) is 1.60. The summed E-state index contributed by atoms with van der Waals surface area (Å²) in [5, 5.41) is 5.46. The molecule has 0 saturated heterocycles. The number of benzene rings is 2. The minimum absolute atomic E-state index is 0.0151. The number of anilines is 1. The highest BCUT2D eigenvalue weighted by molar-refractivity contribution is 8.00. The summed E-state index contributed by atoms with van der Waals surface area (Å²) < 4.78 is 26.2. The van der Waals surface area contributed by atoms with Gasteiger partial charge in [0.2, 0.25) is 5.91 Å². The molecule has 29 heavy (non-hydrogen) atoms. The molecule has 0 spiro atoms. The van der Waals surface area contributed by atoms with Crippen LogP contribution in [0.25, 0.3) is 0 Å². The number of aromatic nitrogens is 1. The van der Waals surface area contributed by atoms with Crippen LogP contribution in [0.4, 0.5) is 14.5 Å². The maximum absolute atomic E-state index is 13.2. The minimum Gasteiger partial charge on any atom is -0.346 e. The number of nitrogens with one attached hydrogen (secondary N) is 2. The molecule has 0 bridgehead atoms. The van der Waals surface area contributed by atoms with Gasteiger partial charge in [-0.25, -0.2) is 8.78 Å². The third kappa shape index (κ3) is 6.11. The Morgan fingerprint density at radius 2 is 1.83 bits per heavy atom. The van der Waals surface area contributed by atoms with Gasteiger partial charge in [0.05, 0.1) is 18.0 Å². The first kappa shape index (κ1) is 20.5. The fraction of sp³-hybridized carbons (Fsp3) is 0.0952. The summed E-state index contributed by atoms with van der Waals surface area (Å²) >= 11 is 1.08. The molecule has 1 aromatic heterocycles. The molecule has 0 fully saturated rings. The van der Waals surface area contributed by atoms with Crippen molar-refractivity contribution in [3.05, 3.63) is 89.8 Å². The number of rotatable bonds is 7. The average molecular weight is 413 g/mol. The first-order valence-corrected chi connectivity index (χ1v) is 9.66. The van der Waals surface area contributed by atoms with E-state index in [9.17, 15) is 18.4 Å². The number of carbonyl (C=O) groups is 2. The van der Waals surface area contributed by atoms with Gasteiger partial charge in [-0.2, -0.15) is 0 Å². The lowest BCUT2D eigenvalue weighted by molar-refractivity contribution is -0.113. The lowest BCUT2D eigenvalue weighted by Crippen LogP contribution is -2.23. The number of amides is 2. The Bertz CT molecular complexity index is 1020. The lowest BCUT2D eigenvalue weighted by Gasteiger charge is -2.08. The quantitative estimate of drug-likeness (QED) is 0.574. The number of carbonyl (C=O) groups excluding carboxylic acids is 2. The Kier molecular flexibility index (Phi) is 6.91. The van der Waals surface area contributed by atoms with Gasteiger partial charge < -0.3 is 10.6 Å². The van der Waals surface area contributed by atoms with Crippen molar-refractivity contribution in [2.75, 3.05) is 11.1 Å². The monoisotopic (exact) mass is 413 g/mol. The van der Waals surface area contributed by atoms with Crippen LogP contribution in [-0.4, -0.2) is 22.6 Å². The number of halogens is 2. The second kappa shape index (κ2) is 9.79. The van der Waals surface area contributed by atoms with Gasteiger partial charge in [0.1, 0.15) is 0 Å². The molecule has 148 valence electrons. The maximum Gasteiger partial charge on any atom is 0.251 e. The summed E-state index contributed by atoms with van der Waals surface area (Å²) in [6.45, 7) is 0.293.